The van der Waals surface area contributed by atoms with Gasteiger partial charge >= 0.3 is 0 Å². The van der Waals surface area contributed by atoms with E-state index in [0.717, 1.165) is 24.8 Å². The van der Waals surface area contributed by atoms with Crippen molar-refractivity contribution in [3.63, 3.8) is 0 Å². The molecule has 176 valence electrons. The molecular formula is C30H28F4. The first-order chi connectivity index (χ1) is 16.4. The normalized spacial score (nSPS) is 16.2. The quantitative estimate of drug-likeness (QED) is 0.252. The first-order valence-electron chi connectivity index (χ1n) is 11.8. The van der Waals surface area contributed by atoms with Crippen LogP contribution >= 0.6 is 0 Å². The molecule has 0 radical (unpaired) electrons. The van der Waals surface area contributed by atoms with Crippen LogP contribution in [0.3, 0.4) is 0 Å². The second kappa shape index (κ2) is 10.4. The molecule has 0 aliphatic heterocycles. The summed E-state index contributed by atoms with van der Waals surface area (Å²) in [7, 11) is 0. The van der Waals surface area contributed by atoms with Crippen LogP contribution in [0, 0.1) is 29.2 Å². The van der Waals surface area contributed by atoms with Gasteiger partial charge in [0.1, 0.15) is 0 Å². The third-order valence-electron chi connectivity index (χ3n) is 6.53. The van der Waals surface area contributed by atoms with Crippen LogP contribution in [-0.4, -0.2) is 0 Å². The molecule has 0 heterocycles. The molecule has 0 aromatic heterocycles. The maximum atomic E-state index is 15.0. The number of halogens is 4. The Kier molecular flexibility index (Phi) is 7.35. The van der Waals surface area contributed by atoms with Crippen LogP contribution in [0.2, 0.25) is 0 Å². The molecular weight excluding hydrogens is 436 g/mol. The van der Waals surface area contributed by atoms with Gasteiger partial charge in [-0.2, -0.15) is 0 Å². The lowest BCUT2D eigenvalue weighted by molar-refractivity contribution is 0.500. The average molecular weight is 465 g/mol. The highest BCUT2D eigenvalue weighted by atomic mass is 19.2. The first kappa shape index (κ1) is 24.0. The maximum absolute atomic E-state index is 15.0. The van der Waals surface area contributed by atoms with E-state index >= 15 is 4.39 Å². The molecule has 34 heavy (non-hydrogen) atoms. The van der Waals surface area contributed by atoms with Gasteiger partial charge in [-0.15, -0.1) is 0 Å². The fourth-order valence-electron chi connectivity index (χ4n) is 4.67. The van der Waals surface area contributed by atoms with Gasteiger partial charge in [0.15, 0.2) is 23.3 Å². The minimum Gasteiger partial charge on any atom is -0.203 e. The summed E-state index contributed by atoms with van der Waals surface area (Å²) in [5.74, 6) is -3.03. The molecule has 1 unspecified atom stereocenters. The second-order valence-electron chi connectivity index (χ2n) is 8.81. The average Bonchev–Trinajstić information content (AvgIpc) is 2.85. The lowest BCUT2D eigenvalue weighted by Crippen LogP contribution is -2.05. The highest BCUT2D eigenvalue weighted by molar-refractivity contribution is 5.74. The fourth-order valence-corrected chi connectivity index (χ4v) is 4.67. The van der Waals surface area contributed by atoms with E-state index < -0.39 is 23.3 Å². The molecule has 3 aromatic rings. The van der Waals surface area contributed by atoms with Crippen LogP contribution in [0.5, 0.6) is 0 Å². The van der Waals surface area contributed by atoms with Crippen molar-refractivity contribution in [2.45, 2.75) is 46.0 Å². The summed E-state index contributed by atoms with van der Waals surface area (Å²) >= 11 is 0. The summed E-state index contributed by atoms with van der Waals surface area (Å²) < 4.78 is 59.0. The molecule has 1 aliphatic carbocycles. The van der Waals surface area contributed by atoms with Crippen molar-refractivity contribution in [3.8, 4) is 22.3 Å². The van der Waals surface area contributed by atoms with Crippen LogP contribution in [-0.2, 0) is 6.42 Å². The van der Waals surface area contributed by atoms with Crippen LogP contribution < -0.4 is 0 Å². The Morgan fingerprint density at radius 3 is 1.88 bits per heavy atom. The minimum absolute atomic E-state index is 0.140. The number of allylic oxidation sites excluding steroid dienone is 4. The summed E-state index contributed by atoms with van der Waals surface area (Å²) in [5.41, 5.74) is 2.73. The summed E-state index contributed by atoms with van der Waals surface area (Å²) in [6, 6.07) is 12.8. The topological polar surface area (TPSA) is 0 Å². The van der Waals surface area contributed by atoms with Crippen molar-refractivity contribution < 1.29 is 17.6 Å². The summed E-state index contributed by atoms with van der Waals surface area (Å²) in [5, 5.41) is 0. The minimum atomic E-state index is -0.900. The van der Waals surface area contributed by atoms with E-state index in [1.165, 1.54) is 0 Å². The van der Waals surface area contributed by atoms with Crippen molar-refractivity contribution in [1.29, 1.82) is 0 Å². The van der Waals surface area contributed by atoms with Gasteiger partial charge in [0.2, 0.25) is 0 Å². The van der Waals surface area contributed by atoms with E-state index in [9.17, 15) is 13.2 Å². The van der Waals surface area contributed by atoms with Crippen LogP contribution in [0.15, 0.2) is 66.8 Å². The smallest absolute Gasteiger partial charge is 0.167 e. The molecule has 4 rings (SSSR count). The monoisotopic (exact) mass is 464 g/mol. The van der Waals surface area contributed by atoms with E-state index in [0.29, 0.717) is 41.0 Å². The summed E-state index contributed by atoms with van der Waals surface area (Å²) in [4.78, 5) is 0. The standard InChI is InChI=1S/C30H28F4/c1-3-5-19-7-9-20(10-8-19)25-17-18-26(30(34)29(25)33)22-13-11-21(12-14-22)24-16-15-23(6-4-2)27(31)28(24)32/h3,5,9,11-19H,4,6-8,10H2,1-2H3/b5-3+. The number of benzene rings is 3. The van der Waals surface area contributed by atoms with Crippen molar-refractivity contribution in [3.05, 3.63) is 101 Å². The van der Waals surface area contributed by atoms with Crippen molar-refractivity contribution in [2.24, 2.45) is 5.92 Å². The van der Waals surface area contributed by atoms with E-state index in [1.54, 1.807) is 48.5 Å². The Morgan fingerprint density at radius 1 is 0.765 bits per heavy atom. The predicted molar refractivity (Wildman–Crippen MR) is 131 cm³/mol. The molecule has 3 aromatic carbocycles. The number of rotatable bonds is 6. The number of aryl methyl sites for hydroxylation is 1. The van der Waals surface area contributed by atoms with Gasteiger partial charge in [-0.3, -0.25) is 0 Å². The molecule has 0 saturated heterocycles. The third kappa shape index (κ3) is 4.72. The van der Waals surface area contributed by atoms with Gasteiger partial charge in [-0.25, -0.2) is 17.6 Å². The molecule has 0 nitrogen and oxygen atoms in total. The molecule has 0 spiro atoms. The Labute approximate surface area is 198 Å². The molecule has 0 fully saturated rings. The Balaban J connectivity index is 1.60. The Bertz CT molecular complexity index is 1240. The van der Waals surface area contributed by atoms with Gasteiger partial charge in [-0.1, -0.05) is 80.1 Å². The van der Waals surface area contributed by atoms with Gasteiger partial charge in [0.25, 0.3) is 0 Å². The van der Waals surface area contributed by atoms with Gasteiger partial charge in [0.05, 0.1) is 0 Å². The molecule has 0 bridgehead atoms. The zero-order valence-corrected chi connectivity index (χ0v) is 19.5. The SMILES string of the molecule is C/C=C/C1CC=C(c2ccc(-c3ccc(-c4ccc(CCC)c(F)c4F)cc3)c(F)c2F)CC1. The van der Waals surface area contributed by atoms with Gasteiger partial charge in [-0.05, 0) is 60.8 Å². The Morgan fingerprint density at radius 2 is 1.32 bits per heavy atom. The van der Waals surface area contributed by atoms with Crippen LogP contribution in [0.25, 0.3) is 27.8 Å². The van der Waals surface area contributed by atoms with Crippen LogP contribution in [0.4, 0.5) is 17.6 Å². The maximum Gasteiger partial charge on any atom is 0.167 e. The zero-order chi connectivity index (χ0) is 24.2. The lowest BCUT2D eigenvalue weighted by Gasteiger charge is -2.20. The fraction of sp³-hybridized carbons (Fsp3) is 0.267. The molecule has 0 N–H and O–H groups in total. The van der Waals surface area contributed by atoms with E-state index in [2.05, 4.69) is 6.08 Å². The second-order valence-corrected chi connectivity index (χ2v) is 8.81. The predicted octanol–water partition coefficient (Wildman–Crippen LogP) is 9.29. The number of hydrogen-bond acceptors (Lipinski definition) is 0. The molecule has 4 heteroatoms. The highest BCUT2D eigenvalue weighted by Crippen LogP contribution is 2.36. The molecule has 1 atom stereocenters. The van der Waals surface area contributed by atoms with E-state index in [4.69, 9.17) is 0 Å². The number of hydrogen-bond donors (Lipinski definition) is 0. The van der Waals surface area contributed by atoms with Crippen molar-refractivity contribution >= 4 is 5.57 Å². The molecule has 0 saturated carbocycles. The largest absolute Gasteiger partial charge is 0.203 e. The molecule has 1 aliphatic rings. The van der Waals surface area contributed by atoms with Crippen molar-refractivity contribution in [1.82, 2.24) is 0 Å². The highest BCUT2D eigenvalue weighted by Gasteiger charge is 2.21. The van der Waals surface area contributed by atoms with Gasteiger partial charge in [0, 0.05) is 16.7 Å². The van der Waals surface area contributed by atoms with Crippen molar-refractivity contribution in [2.75, 3.05) is 0 Å². The van der Waals surface area contributed by atoms with Gasteiger partial charge < -0.3 is 0 Å². The molecule has 0 amide bonds. The third-order valence-corrected chi connectivity index (χ3v) is 6.53. The summed E-state index contributed by atoms with van der Waals surface area (Å²) in [6.45, 7) is 3.89. The first-order valence-corrected chi connectivity index (χ1v) is 11.8. The summed E-state index contributed by atoms with van der Waals surface area (Å²) in [6.07, 6.45) is 9.80. The van der Waals surface area contributed by atoms with E-state index in [1.807, 2.05) is 26.0 Å². The van der Waals surface area contributed by atoms with E-state index in [-0.39, 0.29) is 11.1 Å². The lowest BCUT2D eigenvalue weighted by atomic mass is 9.85. The van der Waals surface area contributed by atoms with Crippen LogP contribution in [0.1, 0.15) is 50.7 Å². The zero-order valence-electron chi connectivity index (χ0n) is 19.5. The Hall–Kier alpha value is -3.14.